The number of rotatable bonds is 5. The summed E-state index contributed by atoms with van der Waals surface area (Å²) in [5.74, 6) is 0.229. The number of amides is 1. The highest BCUT2D eigenvalue weighted by atomic mass is 79.9. The number of anilines is 1. The molecule has 0 bridgehead atoms. The molecule has 1 amide bonds. The van der Waals surface area contributed by atoms with E-state index < -0.39 is 0 Å². The highest BCUT2D eigenvalue weighted by molar-refractivity contribution is 9.10. The predicted molar refractivity (Wildman–Crippen MR) is 86.9 cm³/mol. The van der Waals surface area contributed by atoms with Crippen molar-refractivity contribution in [3.8, 4) is 0 Å². The molecular weight excluding hydrogens is 332 g/mol. The summed E-state index contributed by atoms with van der Waals surface area (Å²) in [5.41, 5.74) is 7.07. The molecule has 0 aliphatic heterocycles. The molecule has 2 aromatic rings. The van der Waals surface area contributed by atoms with E-state index in [0.29, 0.717) is 18.1 Å². The van der Waals surface area contributed by atoms with Crippen LogP contribution in [0.3, 0.4) is 0 Å². The second-order valence-electron chi connectivity index (χ2n) is 4.90. The maximum absolute atomic E-state index is 12.7. The fourth-order valence-electron chi connectivity index (χ4n) is 2.30. The molecule has 0 saturated heterocycles. The van der Waals surface area contributed by atoms with Crippen LogP contribution in [0.2, 0.25) is 0 Å². The van der Waals surface area contributed by atoms with Crippen LogP contribution in [0.1, 0.15) is 42.4 Å². The lowest BCUT2D eigenvalue weighted by atomic mass is 10.1. The van der Waals surface area contributed by atoms with Crippen LogP contribution in [0.4, 0.5) is 5.82 Å². The minimum Gasteiger partial charge on any atom is -0.382 e. The lowest BCUT2D eigenvalue weighted by Gasteiger charge is -2.29. The third-order valence-electron chi connectivity index (χ3n) is 3.38. The SMILES string of the molecule is CCCN(C(=O)c1cc(N)n[nH]1)C(C)c1ccccc1Br. The van der Waals surface area contributed by atoms with E-state index in [1.165, 1.54) is 0 Å². The number of hydrogen-bond acceptors (Lipinski definition) is 3. The van der Waals surface area contributed by atoms with Crippen molar-refractivity contribution in [1.82, 2.24) is 15.1 Å². The monoisotopic (exact) mass is 350 g/mol. The van der Waals surface area contributed by atoms with E-state index in [0.717, 1.165) is 16.5 Å². The van der Waals surface area contributed by atoms with Gasteiger partial charge in [0.25, 0.3) is 5.91 Å². The molecule has 112 valence electrons. The first-order chi connectivity index (χ1) is 10.0. The van der Waals surface area contributed by atoms with E-state index in [9.17, 15) is 4.79 Å². The van der Waals surface area contributed by atoms with Crippen molar-refractivity contribution in [3.05, 3.63) is 46.1 Å². The van der Waals surface area contributed by atoms with Crippen molar-refractivity contribution < 1.29 is 4.79 Å². The van der Waals surface area contributed by atoms with Crippen LogP contribution in [-0.4, -0.2) is 27.5 Å². The zero-order valence-electron chi connectivity index (χ0n) is 12.1. The number of hydrogen-bond donors (Lipinski definition) is 2. The summed E-state index contributed by atoms with van der Waals surface area (Å²) in [4.78, 5) is 14.5. The van der Waals surface area contributed by atoms with Gasteiger partial charge in [0.2, 0.25) is 0 Å². The van der Waals surface area contributed by atoms with Gasteiger partial charge in [-0.3, -0.25) is 9.89 Å². The molecule has 1 unspecified atom stereocenters. The molecule has 5 nitrogen and oxygen atoms in total. The van der Waals surface area contributed by atoms with Gasteiger partial charge >= 0.3 is 0 Å². The normalized spacial score (nSPS) is 12.1. The van der Waals surface area contributed by atoms with E-state index in [4.69, 9.17) is 5.73 Å². The molecule has 1 heterocycles. The van der Waals surface area contributed by atoms with Gasteiger partial charge in [-0.15, -0.1) is 0 Å². The van der Waals surface area contributed by atoms with E-state index in [2.05, 4.69) is 26.1 Å². The van der Waals surface area contributed by atoms with E-state index >= 15 is 0 Å². The Bertz CT molecular complexity index is 626. The largest absolute Gasteiger partial charge is 0.382 e. The average Bonchev–Trinajstić information content (AvgIpc) is 2.90. The molecule has 0 saturated carbocycles. The topological polar surface area (TPSA) is 75.0 Å². The van der Waals surface area contributed by atoms with Crippen LogP contribution >= 0.6 is 15.9 Å². The summed E-state index contributed by atoms with van der Waals surface area (Å²) < 4.78 is 0.996. The first kappa shape index (κ1) is 15.6. The molecule has 3 N–H and O–H groups in total. The van der Waals surface area contributed by atoms with Gasteiger partial charge < -0.3 is 10.6 Å². The molecule has 0 radical (unpaired) electrons. The Hall–Kier alpha value is -1.82. The molecule has 0 spiro atoms. The third kappa shape index (κ3) is 3.44. The lowest BCUT2D eigenvalue weighted by molar-refractivity contribution is 0.0684. The lowest BCUT2D eigenvalue weighted by Crippen LogP contribution is -2.34. The fraction of sp³-hybridized carbons (Fsp3) is 0.333. The number of H-pyrrole nitrogens is 1. The van der Waals surface area contributed by atoms with Crippen LogP contribution in [0.25, 0.3) is 0 Å². The van der Waals surface area contributed by atoms with Gasteiger partial charge in [0.15, 0.2) is 0 Å². The van der Waals surface area contributed by atoms with Gasteiger partial charge in [0, 0.05) is 17.1 Å². The maximum atomic E-state index is 12.7. The molecule has 21 heavy (non-hydrogen) atoms. The van der Waals surface area contributed by atoms with Gasteiger partial charge in [-0.25, -0.2) is 0 Å². The Kier molecular flexibility index (Phi) is 5.01. The van der Waals surface area contributed by atoms with E-state index in [-0.39, 0.29) is 11.9 Å². The minimum absolute atomic E-state index is 0.0439. The van der Waals surface area contributed by atoms with Crippen LogP contribution in [0.15, 0.2) is 34.8 Å². The number of nitrogens with two attached hydrogens (primary N) is 1. The molecule has 0 aliphatic rings. The highest BCUT2D eigenvalue weighted by Crippen LogP contribution is 2.28. The maximum Gasteiger partial charge on any atom is 0.272 e. The number of nitrogen functional groups attached to an aromatic ring is 1. The summed E-state index contributed by atoms with van der Waals surface area (Å²) in [6.45, 7) is 4.74. The Morgan fingerprint density at radius 3 is 2.76 bits per heavy atom. The van der Waals surface area contributed by atoms with Gasteiger partial charge in [-0.1, -0.05) is 41.1 Å². The van der Waals surface area contributed by atoms with Gasteiger partial charge in [0.1, 0.15) is 11.5 Å². The molecule has 1 aromatic carbocycles. The number of carbonyl (C=O) groups excluding carboxylic acids is 1. The number of carbonyl (C=O) groups is 1. The highest BCUT2D eigenvalue weighted by Gasteiger charge is 2.24. The Labute approximate surface area is 132 Å². The van der Waals surface area contributed by atoms with Gasteiger partial charge in [0.05, 0.1) is 6.04 Å². The Morgan fingerprint density at radius 2 is 2.19 bits per heavy atom. The van der Waals surface area contributed by atoms with Crippen LogP contribution in [-0.2, 0) is 0 Å². The average molecular weight is 351 g/mol. The quantitative estimate of drug-likeness (QED) is 0.867. The third-order valence-corrected chi connectivity index (χ3v) is 4.10. The standard InChI is InChI=1S/C15H19BrN4O/c1-3-8-20(15(21)13-9-14(17)19-18-13)10(2)11-6-4-5-7-12(11)16/h4-7,9-10H,3,8H2,1-2H3,(H3,17,18,19). The summed E-state index contributed by atoms with van der Waals surface area (Å²) in [6, 6.07) is 9.46. The van der Waals surface area contributed by atoms with Crippen molar-refractivity contribution in [2.24, 2.45) is 0 Å². The zero-order valence-corrected chi connectivity index (χ0v) is 13.7. The van der Waals surface area contributed by atoms with Crippen molar-refractivity contribution in [2.75, 3.05) is 12.3 Å². The molecule has 0 aliphatic carbocycles. The fourth-order valence-corrected chi connectivity index (χ4v) is 2.91. The Balaban J connectivity index is 2.30. The van der Waals surface area contributed by atoms with Gasteiger partial charge in [-0.05, 0) is 25.0 Å². The van der Waals surface area contributed by atoms with E-state index in [1.807, 2.05) is 43.0 Å². The zero-order chi connectivity index (χ0) is 15.4. The second-order valence-corrected chi connectivity index (χ2v) is 5.76. The summed E-state index contributed by atoms with van der Waals surface area (Å²) in [6.07, 6.45) is 0.879. The summed E-state index contributed by atoms with van der Waals surface area (Å²) >= 11 is 3.55. The first-order valence-corrected chi connectivity index (χ1v) is 7.70. The number of aromatic amines is 1. The number of aromatic nitrogens is 2. The van der Waals surface area contributed by atoms with E-state index in [1.54, 1.807) is 6.07 Å². The minimum atomic E-state index is -0.0932. The first-order valence-electron chi connectivity index (χ1n) is 6.90. The molecule has 2 rings (SSSR count). The van der Waals surface area contributed by atoms with Crippen LogP contribution in [0.5, 0.6) is 0 Å². The second kappa shape index (κ2) is 6.76. The summed E-state index contributed by atoms with van der Waals surface area (Å²) in [5, 5.41) is 6.51. The van der Waals surface area contributed by atoms with Gasteiger partial charge in [-0.2, -0.15) is 5.10 Å². The van der Waals surface area contributed by atoms with Crippen molar-refractivity contribution in [2.45, 2.75) is 26.3 Å². The number of nitrogens with zero attached hydrogens (tertiary/aromatic N) is 2. The number of halogens is 1. The predicted octanol–water partition coefficient (Wildman–Crippen LogP) is 3.37. The molecule has 0 fully saturated rings. The number of nitrogens with one attached hydrogen (secondary N) is 1. The van der Waals surface area contributed by atoms with Crippen LogP contribution in [0, 0.1) is 0 Å². The molecule has 1 atom stereocenters. The van der Waals surface area contributed by atoms with Crippen molar-refractivity contribution in [1.29, 1.82) is 0 Å². The molecular formula is C15H19BrN4O. The van der Waals surface area contributed by atoms with Crippen LogP contribution < -0.4 is 5.73 Å². The smallest absolute Gasteiger partial charge is 0.272 e. The molecule has 1 aromatic heterocycles. The molecule has 6 heteroatoms. The number of benzene rings is 1. The van der Waals surface area contributed by atoms with Crippen molar-refractivity contribution in [3.63, 3.8) is 0 Å². The summed E-state index contributed by atoms with van der Waals surface area (Å²) in [7, 11) is 0. The Morgan fingerprint density at radius 1 is 1.48 bits per heavy atom. The van der Waals surface area contributed by atoms with Crippen molar-refractivity contribution >= 4 is 27.7 Å².